The van der Waals surface area contributed by atoms with Crippen molar-refractivity contribution in [1.82, 2.24) is 9.97 Å². The molecule has 2 heterocycles. The van der Waals surface area contributed by atoms with Crippen molar-refractivity contribution in [2.24, 2.45) is 11.7 Å². The summed E-state index contributed by atoms with van der Waals surface area (Å²) in [7, 11) is 0. The summed E-state index contributed by atoms with van der Waals surface area (Å²) in [5.41, 5.74) is 6.13. The van der Waals surface area contributed by atoms with Crippen LogP contribution in [0, 0.1) is 17.2 Å². The molecule has 0 saturated heterocycles. The fourth-order valence-electron chi connectivity index (χ4n) is 2.25. The Balaban J connectivity index is 2.57. The third-order valence-electron chi connectivity index (χ3n) is 3.12. The van der Waals surface area contributed by atoms with Crippen molar-refractivity contribution in [3.8, 4) is 11.9 Å². The van der Waals surface area contributed by atoms with Gasteiger partial charge < -0.3 is 15.5 Å². The standard InChI is InChI=1S/C14H16N4O2S/c1-4-5-21-14-17-12(19)10-9(7(2)3)8(6-15)11(16)20-13(10)18-14/h4,7,9H,1,5,16H2,2-3H3,(H,17,18,19)/t9-/m0/s1. The zero-order valence-corrected chi connectivity index (χ0v) is 12.7. The van der Waals surface area contributed by atoms with E-state index in [-0.39, 0.29) is 28.8 Å². The summed E-state index contributed by atoms with van der Waals surface area (Å²) in [4.78, 5) is 19.3. The second-order valence-corrected chi connectivity index (χ2v) is 5.91. The second-order valence-electron chi connectivity index (χ2n) is 4.90. The highest BCUT2D eigenvalue weighted by Crippen LogP contribution is 2.39. The van der Waals surface area contributed by atoms with E-state index in [1.165, 1.54) is 11.8 Å². The van der Waals surface area contributed by atoms with Crippen LogP contribution in [-0.2, 0) is 0 Å². The van der Waals surface area contributed by atoms with Gasteiger partial charge in [0.15, 0.2) is 5.16 Å². The Morgan fingerprint density at radius 1 is 1.67 bits per heavy atom. The number of hydrogen-bond acceptors (Lipinski definition) is 6. The number of aromatic amines is 1. The van der Waals surface area contributed by atoms with Gasteiger partial charge in [0.2, 0.25) is 11.8 Å². The lowest BCUT2D eigenvalue weighted by molar-refractivity contribution is 0.350. The fraction of sp³-hybridized carbons (Fsp3) is 0.357. The Morgan fingerprint density at radius 3 is 2.95 bits per heavy atom. The zero-order valence-electron chi connectivity index (χ0n) is 11.8. The summed E-state index contributed by atoms with van der Waals surface area (Å²) in [5.74, 6) is 0.426. The Bertz CT molecular complexity index is 700. The largest absolute Gasteiger partial charge is 0.422 e. The molecule has 1 atom stereocenters. The molecule has 0 aromatic carbocycles. The van der Waals surface area contributed by atoms with Crippen LogP contribution in [0.2, 0.25) is 0 Å². The number of ether oxygens (including phenoxy) is 1. The number of fused-ring (bicyclic) bond motifs is 1. The Morgan fingerprint density at radius 2 is 2.38 bits per heavy atom. The maximum absolute atomic E-state index is 12.3. The number of nitriles is 1. The normalized spacial score (nSPS) is 17.1. The molecular weight excluding hydrogens is 288 g/mol. The summed E-state index contributed by atoms with van der Waals surface area (Å²) >= 11 is 1.34. The van der Waals surface area contributed by atoms with E-state index in [1.54, 1.807) is 6.08 Å². The van der Waals surface area contributed by atoms with Crippen molar-refractivity contribution in [1.29, 1.82) is 5.26 Å². The first-order valence-electron chi connectivity index (χ1n) is 6.45. The van der Waals surface area contributed by atoms with Gasteiger partial charge in [0, 0.05) is 11.7 Å². The van der Waals surface area contributed by atoms with Gasteiger partial charge in [0.1, 0.15) is 6.07 Å². The molecule has 6 nitrogen and oxygen atoms in total. The van der Waals surface area contributed by atoms with Gasteiger partial charge in [-0.05, 0) is 5.92 Å². The van der Waals surface area contributed by atoms with Crippen LogP contribution in [0.5, 0.6) is 5.88 Å². The van der Waals surface area contributed by atoms with Gasteiger partial charge in [-0.3, -0.25) is 4.79 Å². The number of nitrogens with two attached hydrogens (primary N) is 1. The summed E-state index contributed by atoms with van der Waals surface area (Å²) in [6, 6.07) is 2.03. The second kappa shape index (κ2) is 6.06. The third-order valence-corrected chi connectivity index (χ3v) is 3.99. The first-order valence-corrected chi connectivity index (χ1v) is 7.43. The predicted molar refractivity (Wildman–Crippen MR) is 80.8 cm³/mol. The van der Waals surface area contributed by atoms with E-state index >= 15 is 0 Å². The first kappa shape index (κ1) is 15.2. The van der Waals surface area contributed by atoms with Gasteiger partial charge in [-0.25, -0.2) is 0 Å². The highest BCUT2D eigenvalue weighted by molar-refractivity contribution is 7.99. The van der Waals surface area contributed by atoms with Gasteiger partial charge in [0.25, 0.3) is 5.56 Å². The SMILES string of the molecule is C=CCSc1nc2c(c(=O)[nH]1)[C@@H](C(C)C)C(C#N)=C(N)O2. The van der Waals surface area contributed by atoms with Crippen molar-refractivity contribution in [3.05, 3.63) is 40.0 Å². The van der Waals surface area contributed by atoms with Crippen molar-refractivity contribution in [2.45, 2.75) is 24.9 Å². The molecule has 110 valence electrons. The molecular formula is C14H16N4O2S. The number of hydrogen-bond donors (Lipinski definition) is 2. The Kier molecular flexibility index (Phi) is 4.38. The van der Waals surface area contributed by atoms with Crippen LogP contribution < -0.4 is 16.0 Å². The third kappa shape index (κ3) is 2.81. The molecule has 2 rings (SSSR count). The number of thioether (sulfide) groups is 1. The van der Waals surface area contributed by atoms with E-state index < -0.39 is 5.92 Å². The highest BCUT2D eigenvalue weighted by Gasteiger charge is 2.35. The molecule has 0 unspecified atom stereocenters. The van der Waals surface area contributed by atoms with E-state index in [0.29, 0.717) is 16.5 Å². The van der Waals surface area contributed by atoms with Gasteiger partial charge in [-0.2, -0.15) is 10.2 Å². The Labute approximate surface area is 126 Å². The van der Waals surface area contributed by atoms with Crippen LogP contribution in [0.3, 0.4) is 0 Å². The molecule has 0 saturated carbocycles. The quantitative estimate of drug-likeness (QED) is 0.500. The van der Waals surface area contributed by atoms with Crippen LogP contribution in [0.4, 0.5) is 0 Å². The van der Waals surface area contributed by atoms with E-state index in [4.69, 9.17) is 10.5 Å². The summed E-state index contributed by atoms with van der Waals surface area (Å²) in [5, 5.41) is 9.69. The van der Waals surface area contributed by atoms with E-state index in [2.05, 4.69) is 16.5 Å². The summed E-state index contributed by atoms with van der Waals surface area (Å²) < 4.78 is 5.38. The zero-order chi connectivity index (χ0) is 15.6. The molecule has 7 heteroatoms. The van der Waals surface area contributed by atoms with Crippen LogP contribution in [0.1, 0.15) is 25.3 Å². The van der Waals surface area contributed by atoms with Crippen LogP contribution in [0.25, 0.3) is 0 Å². The van der Waals surface area contributed by atoms with E-state index in [1.807, 2.05) is 19.9 Å². The van der Waals surface area contributed by atoms with E-state index in [9.17, 15) is 10.1 Å². The molecule has 0 fully saturated rings. The maximum atomic E-state index is 12.3. The highest BCUT2D eigenvalue weighted by atomic mass is 32.2. The topological polar surface area (TPSA) is 105 Å². The van der Waals surface area contributed by atoms with Crippen molar-refractivity contribution in [2.75, 3.05) is 5.75 Å². The smallest absolute Gasteiger partial charge is 0.259 e. The molecule has 0 bridgehead atoms. The molecule has 21 heavy (non-hydrogen) atoms. The molecule has 3 N–H and O–H groups in total. The van der Waals surface area contributed by atoms with Crippen molar-refractivity contribution < 1.29 is 4.74 Å². The van der Waals surface area contributed by atoms with Crippen LogP contribution in [-0.4, -0.2) is 15.7 Å². The van der Waals surface area contributed by atoms with Crippen molar-refractivity contribution in [3.63, 3.8) is 0 Å². The molecule has 0 aliphatic carbocycles. The molecule has 1 aromatic rings. The minimum absolute atomic E-state index is 0.0153. The van der Waals surface area contributed by atoms with E-state index in [0.717, 1.165) is 0 Å². The lowest BCUT2D eigenvalue weighted by Gasteiger charge is -2.26. The minimum atomic E-state index is -0.409. The molecule has 1 aliphatic heterocycles. The maximum Gasteiger partial charge on any atom is 0.259 e. The first-order chi connectivity index (χ1) is 9.99. The van der Waals surface area contributed by atoms with Gasteiger partial charge in [-0.1, -0.05) is 31.7 Å². The number of rotatable bonds is 4. The number of nitrogens with zero attached hydrogens (tertiary/aromatic N) is 2. The van der Waals surface area contributed by atoms with Gasteiger partial charge >= 0.3 is 0 Å². The molecule has 0 radical (unpaired) electrons. The number of aromatic nitrogens is 2. The Hall–Kier alpha value is -2.20. The summed E-state index contributed by atoms with van der Waals surface area (Å²) in [6.07, 6.45) is 1.71. The average Bonchev–Trinajstić information content (AvgIpc) is 2.43. The number of allylic oxidation sites excluding steroid dienone is 1. The molecule has 1 aromatic heterocycles. The van der Waals surface area contributed by atoms with Gasteiger partial charge in [0.05, 0.1) is 11.1 Å². The number of H-pyrrole nitrogens is 1. The fourth-order valence-corrected chi connectivity index (χ4v) is 2.84. The van der Waals surface area contributed by atoms with Crippen LogP contribution in [0.15, 0.2) is 34.1 Å². The molecule has 1 aliphatic rings. The molecule has 0 amide bonds. The van der Waals surface area contributed by atoms with Crippen molar-refractivity contribution >= 4 is 11.8 Å². The molecule has 0 spiro atoms. The van der Waals surface area contributed by atoms with Gasteiger partial charge in [-0.15, -0.1) is 6.58 Å². The lowest BCUT2D eigenvalue weighted by Crippen LogP contribution is -2.30. The average molecular weight is 304 g/mol. The number of nitrogens with one attached hydrogen (secondary N) is 1. The minimum Gasteiger partial charge on any atom is -0.422 e. The lowest BCUT2D eigenvalue weighted by atomic mass is 9.82. The predicted octanol–water partition coefficient (Wildman–Crippen LogP) is 1.87. The monoisotopic (exact) mass is 304 g/mol. The van der Waals surface area contributed by atoms with Crippen LogP contribution >= 0.6 is 11.8 Å². The summed E-state index contributed by atoms with van der Waals surface area (Å²) in [6.45, 7) is 7.46.